The molecule has 0 fully saturated rings. The van der Waals surface area contributed by atoms with E-state index in [-0.39, 0.29) is 30.7 Å². The SMILES string of the molecule is NCC(=O)CCCN1C(=O)C=CC1=O. The first-order valence-electron chi connectivity index (χ1n) is 4.40. The van der Waals surface area contributed by atoms with Crippen LogP contribution in [0.4, 0.5) is 0 Å². The van der Waals surface area contributed by atoms with E-state index in [0.29, 0.717) is 12.8 Å². The Morgan fingerprint density at radius 2 is 1.86 bits per heavy atom. The zero-order valence-corrected chi connectivity index (χ0v) is 7.73. The van der Waals surface area contributed by atoms with Crippen LogP contribution in [0.25, 0.3) is 0 Å². The Kier molecular flexibility index (Phi) is 3.53. The van der Waals surface area contributed by atoms with E-state index in [9.17, 15) is 14.4 Å². The number of Topliss-reactive ketones (excluding diaryl/α,β-unsaturated/α-hetero) is 1. The van der Waals surface area contributed by atoms with Crippen LogP contribution in [0.3, 0.4) is 0 Å². The van der Waals surface area contributed by atoms with Crippen LogP contribution in [0.2, 0.25) is 0 Å². The lowest BCUT2D eigenvalue weighted by molar-refractivity contribution is -0.137. The Labute approximate surface area is 81.5 Å². The van der Waals surface area contributed by atoms with Gasteiger partial charge in [0.05, 0.1) is 6.54 Å². The lowest BCUT2D eigenvalue weighted by Gasteiger charge is -2.12. The van der Waals surface area contributed by atoms with Crippen molar-refractivity contribution in [2.24, 2.45) is 5.73 Å². The Morgan fingerprint density at radius 1 is 1.29 bits per heavy atom. The smallest absolute Gasteiger partial charge is 0.253 e. The minimum absolute atomic E-state index is 0.0140. The number of ketones is 1. The third kappa shape index (κ3) is 2.50. The van der Waals surface area contributed by atoms with E-state index in [1.54, 1.807) is 0 Å². The molecule has 0 atom stereocenters. The van der Waals surface area contributed by atoms with E-state index in [1.807, 2.05) is 0 Å². The average molecular weight is 196 g/mol. The topological polar surface area (TPSA) is 80.5 Å². The fourth-order valence-corrected chi connectivity index (χ4v) is 1.19. The van der Waals surface area contributed by atoms with Gasteiger partial charge in [-0.3, -0.25) is 19.3 Å². The van der Waals surface area contributed by atoms with Gasteiger partial charge in [-0.2, -0.15) is 0 Å². The molecule has 0 aromatic carbocycles. The van der Waals surface area contributed by atoms with Crippen molar-refractivity contribution in [2.75, 3.05) is 13.1 Å². The number of rotatable bonds is 5. The number of nitrogens with zero attached hydrogens (tertiary/aromatic N) is 1. The lowest BCUT2D eigenvalue weighted by Crippen LogP contribution is -2.31. The molecule has 14 heavy (non-hydrogen) atoms. The van der Waals surface area contributed by atoms with Crippen molar-refractivity contribution in [2.45, 2.75) is 12.8 Å². The molecule has 1 heterocycles. The van der Waals surface area contributed by atoms with E-state index in [4.69, 9.17) is 5.73 Å². The summed E-state index contributed by atoms with van der Waals surface area (Å²) in [4.78, 5) is 34.0. The number of hydrogen-bond donors (Lipinski definition) is 1. The Bertz CT molecular complexity index is 278. The summed E-state index contributed by atoms with van der Waals surface area (Å²) in [5.41, 5.74) is 5.11. The molecule has 0 aromatic heterocycles. The van der Waals surface area contributed by atoms with E-state index >= 15 is 0 Å². The highest BCUT2D eigenvalue weighted by Gasteiger charge is 2.22. The van der Waals surface area contributed by atoms with Crippen molar-refractivity contribution < 1.29 is 14.4 Å². The normalized spacial score (nSPS) is 15.4. The van der Waals surface area contributed by atoms with Crippen LogP contribution in [-0.4, -0.2) is 35.6 Å². The number of imide groups is 1. The molecule has 5 nitrogen and oxygen atoms in total. The van der Waals surface area contributed by atoms with Gasteiger partial charge < -0.3 is 5.73 Å². The summed E-state index contributed by atoms with van der Waals surface area (Å²) in [5.74, 6) is -0.678. The number of nitrogens with two attached hydrogens (primary N) is 1. The maximum Gasteiger partial charge on any atom is 0.253 e. The molecule has 5 heteroatoms. The number of amides is 2. The van der Waals surface area contributed by atoms with E-state index < -0.39 is 0 Å². The highest BCUT2D eigenvalue weighted by Crippen LogP contribution is 2.05. The zero-order chi connectivity index (χ0) is 10.6. The molecule has 1 aliphatic rings. The molecule has 0 saturated carbocycles. The van der Waals surface area contributed by atoms with E-state index in [2.05, 4.69) is 0 Å². The van der Waals surface area contributed by atoms with Crippen molar-refractivity contribution in [1.82, 2.24) is 4.90 Å². The summed E-state index contributed by atoms with van der Waals surface area (Å²) in [6.07, 6.45) is 3.25. The molecule has 0 aliphatic carbocycles. The summed E-state index contributed by atoms with van der Waals surface area (Å²) in [6.45, 7) is 0.302. The molecule has 0 radical (unpaired) electrons. The lowest BCUT2D eigenvalue weighted by atomic mass is 10.2. The third-order valence-corrected chi connectivity index (χ3v) is 1.97. The Morgan fingerprint density at radius 3 is 2.36 bits per heavy atom. The van der Waals surface area contributed by atoms with Crippen LogP contribution in [0.5, 0.6) is 0 Å². The minimum atomic E-state index is -0.310. The van der Waals surface area contributed by atoms with Crippen molar-refractivity contribution in [3.63, 3.8) is 0 Å². The van der Waals surface area contributed by atoms with Gasteiger partial charge in [-0.05, 0) is 6.42 Å². The molecule has 0 aromatic rings. The van der Waals surface area contributed by atoms with Crippen LogP contribution in [0.15, 0.2) is 12.2 Å². The largest absolute Gasteiger partial charge is 0.324 e. The Hall–Kier alpha value is -1.49. The van der Waals surface area contributed by atoms with Crippen LogP contribution in [-0.2, 0) is 14.4 Å². The predicted molar refractivity (Wildman–Crippen MR) is 49.2 cm³/mol. The highest BCUT2D eigenvalue weighted by molar-refractivity contribution is 6.12. The molecule has 0 bridgehead atoms. The molecular weight excluding hydrogens is 184 g/mol. The Balaban J connectivity index is 2.29. The van der Waals surface area contributed by atoms with E-state index in [0.717, 1.165) is 4.90 Å². The van der Waals surface area contributed by atoms with Gasteiger partial charge in [-0.15, -0.1) is 0 Å². The van der Waals surface area contributed by atoms with E-state index in [1.165, 1.54) is 12.2 Å². The molecule has 2 amide bonds. The second-order valence-corrected chi connectivity index (χ2v) is 3.01. The monoisotopic (exact) mass is 196 g/mol. The first kappa shape index (κ1) is 10.6. The summed E-state index contributed by atoms with van der Waals surface area (Å²) in [5, 5.41) is 0. The summed E-state index contributed by atoms with van der Waals surface area (Å²) in [6, 6.07) is 0. The van der Waals surface area contributed by atoms with Crippen LogP contribution < -0.4 is 5.73 Å². The maximum absolute atomic E-state index is 11.0. The summed E-state index contributed by atoms with van der Waals surface area (Å²) in [7, 11) is 0. The predicted octanol–water partition coefficient (Wildman–Crippen LogP) is -0.781. The van der Waals surface area contributed by atoms with Gasteiger partial charge in [0.2, 0.25) is 0 Å². The van der Waals surface area contributed by atoms with Crippen molar-refractivity contribution in [3.8, 4) is 0 Å². The second-order valence-electron chi connectivity index (χ2n) is 3.01. The molecule has 0 spiro atoms. The summed E-state index contributed by atoms with van der Waals surface area (Å²) < 4.78 is 0. The molecular formula is C9H12N2O3. The van der Waals surface area contributed by atoms with Crippen molar-refractivity contribution in [1.29, 1.82) is 0 Å². The second kappa shape index (κ2) is 4.66. The number of carbonyl (C=O) groups is 3. The van der Waals surface area contributed by atoms with Gasteiger partial charge in [0.1, 0.15) is 5.78 Å². The molecule has 0 saturated heterocycles. The quantitative estimate of drug-likeness (QED) is 0.585. The number of carbonyl (C=O) groups excluding carboxylic acids is 3. The van der Waals surface area contributed by atoms with Crippen LogP contribution in [0, 0.1) is 0 Å². The van der Waals surface area contributed by atoms with Crippen molar-refractivity contribution >= 4 is 17.6 Å². The van der Waals surface area contributed by atoms with Crippen molar-refractivity contribution in [3.05, 3.63) is 12.2 Å². The van der Waals surface area contributed by atoms with Crippen LogP contribution >= 0.6 is 0 Å². The fraction of sp³-hybridized carbons (Fsp3) is 0.444. The molecule has 76 valence electrons. The summed E-state index contributed by atoms with van der Waals surface area (Å²) >= 11 is 0. The standard InChI is InChI=1S/C9H12N2O3/c10-6-7(12)2-1-5-11-8(13)3-4-9(11)14/h3-4H,1-2,5-6,10H2. The van der Waals surface area contributed by atoms with Gasteiger partial charge in [0.25, 0.3) is 11.8 Å². The molecule has 0 unspecified atom stereocenters. The van der Waals surface area contributed by atoms with Gasteiger partial charge in [0, 0.05) is 25.1 Å². The maximum atomic E-state index is 11.0. The van der Waals surface area contributed by atoms with Crippen LogP contribution in [0.1, 0.15) is 12.8 Å². The molecule has 1 rings (SSSR count). The highest BCUT2D eigenvalue weighted by atomic mass is 16.2. The fourth-order valence-electron chi connectivity index (χ4n) is 1.19. The van der Waals surface area contributed by atoms with Gasteiger partial charge in [-0.1, -0.05) is 0 Å². The van der Waals surface area contributed by atoms with Gasteiger partial charge >= 0.3 is 0 Å². The third-order valence-electron chi connectivity index (χ3n) is 1.97. The zero-order valence-electron chi connectivity index (χ0n) is 7.73. The average Bonchev–Trinajstić information content (AvgIpc) is 2.48. The molecule has 2 N–H and O–H groups in total. The molecule has 1 aliphatic heterocycles. The first-order chi connectivity index (χ1) is 6.65. The minimum Gasteiger partial charge on any atom is -0.324 e. The first-order valence-corrected chi connectivity index (χ1v) is 4.40. The van der Waals surface area contributed by atoms with Gasteiger partial charge in [-0.25, -0.2) is 0 Å². The van der Waals surface area contributed by atoms with Gasteiger partial charge in [0.15, 0.2) is 0 Å². The number of hydrogen-bond acceptors (Lipinski definition) is 4.